The zero-order chi connectivity index (χ0) is 13.7. The van der Waals surface area contributed by atoms with Gasteiger partial charge in [0.15, 0.2) is 0 Å². The van der Waals surface area contributed by atoms with Crippen LogP contribution in [-0.4, -0.2) is 11.5 Å². The first-order valence-corrected chi connectivity index (χ1v) is 7.50. The summed E-state index contributed by atoms with van der Waals surface area (Å²) in [5, 5.41) is 15.9. The number of hydrogen-bond acceptors (Lipinski definition) is 4. The first-order valence-electron chi connectivity index (χ1n) is 5.83. The number of hydrogen-bond donors (Lipinski definition) is 1. The predicted molar refractivity (Wildman–Crippen MR) is 80.5 cm³/mol. The molecule has 1 aromatic carbocycles. The Hall–Kier alpha value is -1.24. The third-order valence-electron chi connectivity index (χ3n) is 2.71. The summed E-state index contributed by atoms with van der Waals surface area (Å²) < 4.78 is 1.14. The van der Waals surface area contributed by atoms with Crippen molar-refractivity contribution in [3.05, 3.63) is 60.7 Å². The Balaban J connectivity index is 1.76. The first-order chi connectivity index (χ1) is 9.16. The van der Waals surface area contributed by atoms with Gasteiger partial charge in [-0.3, -0.25) is 10.1 Å². The van der Waals surface area contributed by atoms with E-state index in [0.717, 1.165) is 29.5 Å². The molecule has 2 aromatic rings. The van der Waals surface area contributed by atoms with E-state index in [1.807, 2.05) is 6.07 Å². The highest BCUT2D eigenvalue weighted by Crippen LogP contribution is 2.22. The number of rotatable bonds is 6. The van der Waals surface area contributed by atoms with Crippen molar-refractivity contribution in [2.45, 2.75) is 13.0 Å². The molecule has 1 N–H and O–H groups in total. The lowest BCUT2D eigenvalue weighted by molar-refractivity contribution is -0.384. The maximum atomic E-state index is 10.5. The van der Waals surface area contributed by atoms with E-state index >= 15 is 0 Å². The molecule has 0 saturated carbocycles. The average molecular weight is 341 g/mol. The number of non-ortho nitro benzene ring substituents is 1. The van der Waals surface area contributed by atoms with Gasteiger partial charge in [-0.15, -0.1) is 11.3 Å². The second-order valence-electron chi connectivity index (χ2n) is 4.04. The van der Waals surface area contributed by atoms with Gasteiger partial charge in [0, 0.05) is 28.0 Å². The van der Waals surface area contributed by atoms with E-state index in [9.17, 15) is 10.1 Å². The molecule has 1 aromatic heterocycles. The van der Waals surface area contributed by atoms with E-state index in [0.29, 0.717) is 0 Å². The molecule has 0 aliphatic rings. The molecule has 0 fully saturated rings. The number of nitro benzene ring substituents is 1. The van der Waals surface area contributed by atoms with Crippen molar-refractivity contribution in [1.29, 1.82) is 0 Å². The lowest BCUT2D eigenvalue weighted by atomic mass is 10.1. The Bertz CT molecular complexity index is 554. The topological polar surface area (TPSA) is 55.2 Å². The van der Waals surface area contributed by atoms with Crippen LogP contribution in [-0.2, 0) is 13.0 Å². The van der Waals surface area contributed by atoms with Crippen LogP contribution in [0.5, 0.6) is 0 Å². The van der Waals surface area contributed by atoms with Crippen LogP contribution in [0.3, 0.4) is 0 Å². The van der Waals surface area contributed by atoms with Crippen LogP contribution < -0.4 is 5.32 Å². The maximum absolute atomic E-state index is 10.5. The monoisotopic (exact) mass is 340 g/mol. The Morgan fingerprint density at radius 2 is 2.00 bits per heavy atom. The fraction of sp³-hybridized carbons (Fsp3) is 0.231. The van der Waals surface area contributed by atoms with Crippen LogP contribution in [0.15, 0.2) is 40.2 Å². The van der Waals surface area contributed by atoms with Crippen LogP contribution in [0.2, 0.25) is 0 Å². The summed E-state index contributed by atoms with van der Waals surface area (Å²) >= 11 is 5.21. The summed E-state index contributed by atoms with van der Waals surface area (Å²) in [6, 6.07) is 8.75. The van der Waals surface area contributed by atoms with Crippen molar-refractivity contribution in [3.63, 3.8) is 0 Å². The van der Waals surface area contributed by atoms with Crippen molar-refractivity contribution < 1.29 is 4.92 Å². The summed E-state index contributed by atoms with van der Waals surface area (Å²) in [4.78, 5) is 11.4. The van der Waals surface area contributed by atoms with Gasteiger partial charge in [0.2, 0.25) is 0 Å². The van der Waals surface area contributed by atoms with Crippen LogP contribution >= 0.6 is 27.3 Å². The fourth-order valence-corrected chi connectivity index (χ4v) is 3.13. The molecule has 0 saturated heterocycles. The second kappa shape index (κ2) is 6.79. The number of thiophene rings is 1. The third kappa shape index (κ3) is 4.12. The Labute approximate surface area is 123 Å². The van der Waals surface area contributed by atoms with Crippen molar-refractivity contribution >= 4 is 33.0 Å². The maximum Gasteiger partial charge on any atom is 0.269 e. The van der Waals surface area contributed by atoms with Crippen molar-refractivity contribution in [3.8, 4) is 0 Å². The lowest BCUT2D eigenvalue weighted by Gasteiger charge is -2.04. The zero-order valence-electron chi connectivity index (χ0n) is 10.1. The normalized spacial score (nSPS) is 10.6. The van der Waals surface area contributed by atoms with Crippen molar-refractivity contribution in [2.75, 3.05) is 6.54 Å². The van der Waals surface area contributed by atoms with Crippen LogP contribution in [0.25, 0.3) is 0 Å². The summed E-state index contributed by atoms with van der Waals surface area (Å²) in [6.45, 7) is 1.69. The molecule has 6 heteroatoms. The van der Waals surface area contributed by atoms with E-state index in [-0.39, 0.29) is 10.6 Å². The van der Waals surface area contributed by atoms with Crippen molar-refractivity contribution in [2.24, 2.45) is 0 Å². The fourth-order valence-electron chi connectivity index (χ4n) is 1.67. The molecule has 100 valence electrons. The van der Waals surface area contributed by atoms with Gasteiger partial charge in [0.1, 0.15) is 0 Å². The van der Waals surface area contributed by atoms with E-state index in [4.69, 9.17) is 0 Å². The summed E-state index contributed by atoms with van der Waals surface area (Å²) in [5.41, 5.74) is 1.24. The van der Waals surface area contributed by atoms with Gasteiger partial charge in [-0.25, -0.2) is 0 Å². The molecule has 0 aliphatic heterocycles. The summed E-state index contributed by atoms with van der Waals surface area (Å²) in [6.07, 6.45) is 0.862. The number of halogens is 1. The molecular weight excluding hydrogens is 328 g/mol. The molecule has 4 nitrogen and oxygen atoms in total. The molecule has 0 radical (unpaired) electrons. The molecular formula is C13H13BrN2O2S. The van der Waals surface area contributed by atoms with Gasteiger partial charge in [-0.2, -0.15) is 0 Å². The first kappa shape index (κ1) is 14.2. The molecule has 2 rings (SSSR count). The lowest BCUT2D eigenvalue weighted by Crippen LogP contribution is -2.16. The number of nitrogens with one attached hydrogen (secondary N) is 1. The largest absolute Gasteiger partial charge is 0.311 e. The molecule has 0 amide bonds. The molecule has 0 unspecified atom stereocenters. The van der Waals surface area contributed by atoms with Crippen molar-refractivity contribution in [1.82, 2.24) is 5.32 Å². The van der Waals surface area contributed by atoms with Crippen LogP contribution in [0.4, 0.5) is 5.69 Å². The molecule has 19 heavy (non-hydrogen) atoms. The third-order valence-corrected chi connectivity index (χ3v) is 4.64. The standard InChI is InChI=1S/C13H13BrN2O2S/c14-12-6-8-19-13(12)9-15-7-5-10-1-3-11(4-2-10)16(17)18/h1-4,6,8,15H,5,7,9H2. The van der Waals surface area contributed by atoms with E-state index < -0.39 is 0 Å². The second-order valence-corrected chi connectivity index (χ2v) is 5.90. The van der Waals surface area contributed by atoms with E-state index in [1.54, 1.807) is 35.6 Å². The number of nitro groups is 1. The van der Waals surface area contributed by atoms with Crippen LogP contribution in [0, 0.1) is 10.1 Å². The summed E-state index contributed by atoms with van der Waals surface area (Å²) in [5.74, 6) is 0. The number of benzene rings is 1. The Kier molecular flexibility index (Phi) is 5.07. The average Bonchev–Trinajstić information content (AvgIpc) is 2.81. The Morgan fingerprint density at radius 1 is 1.26 bits per heavy atom. The smallest absolute Gasteiger partial charge is 0.269 e. The minimum atomic E-state index is -0.379. The van der Waals surface area contributed by atoms with Gasteiger partial charge in [-0.1, -0.05) is 12.1 Å². The zero-order valence-corrected chi connectivity index (χ0v) is 12.5. The van der Waals surface area contributed by atoms with Crippen LogP contribution in [0.1, 0.15) is 10.4 Å². The quantitative estimate of drug-likeness (QED) is 0.495. The molecule has 0 bridgehead atoms. The number of nitrogens with zero attached hydrogens (tertiary/aromatic N) is 1. The highest BCUT2D eigenvalue weighted by atomic mass is 79.9. The highest BCUT2D eigenvalue weighted by molar-refractivity contribution is 9.10. The van der Waals surface area contributed by atoms with E-state index in [1.165, 1.54) is 4.88 Å². The van der Waals surface area contributed by atoms with Gasteiger partial charge < -0.3 is 5.32 Å². The molecule has 0 spiro atoms. The predicted octanol–water partition coefficient (Wildman–Crippen LogP) is 3.75. The summed E-state index contributed by atoms with van der Waals surface area (Å²) in [7, 11) is 0. The molecule has 1 heterocycles. The minimum Gasteiger partial charge on any atom is -0.311 e. The Morgan fingerprint density at radius 3 is 2.58 bits per heavy atom. The minimum absolute atomic E-state index is 0.138. The van der Waals surface area contributed by atoms with Gasteiger partial charge in [0.05, 0.1) is 4.92 Å². The van der Waals surface area contributed by atoms with Gasteiger partial charge in [0.25, 0.3) is 5.69 Å². The van der Waals surface area contributed by atoms with Gasteiger partial charge >= 0.3 is 0 Å². The van der Waals surface area contributed by atoms with E-state index in [2.05, 4.69) is 26.6 Å². The molecule has 0 aliphatic carbocycles. The highest BCUT2D eigenvalue weighted by Gasteiger charge is 2.04. The van der Waals surface area contributed by atoms with Gasteiger partial charge in [-0.05, 0) is 45.9 Å². The SMILES string of the molecule is O=[N+]([O-])c1ccc(CCNCc2sccc2Br)cc1. The molecule has 0 atom stereocenters.